The first-order chi connectivity index (χ1) is 13.8. The van der Waals surface area contributed by atoms with Crippen LogP contribution in [0.1, 0.15) is 0 Å². The fourth-order valence-corrected chi connectivity index (χ4v) is 3.39. The normalized spacial score (nSPS) is 15.5. The predicted molar refractivity (Wildman–Crippen MR) is 108 cm³/mol. The fraction of sp³-hybridized carbons (Fsp3) is 0.238. The van der Waals surface area contributed by atoms with Crippen molar-refractivity contribution >= 4 is 17.3 Å². The Bertz CT molecular complexity index is 974. The van der Waals surface area contributed by atoms with Gasteiger partial charge in [0.2, 0.25) is 6.79 Å². The molecule has 1 aromatic heterocycles. The van der Waals surface area contributed by atoms with Crippen LogP contribution in [0.15, 0.2) is 54.6 Å². The molecule has 0 radical (unpaired) electrons. The van der Waals surface area contributed by atoms with Gasteiger partial charge in [0.05, 0.1) is 0 Å². The number of aromatic nitrogens is 2. The maximum absolute atomic E-state index is 5.48. The largest absolute Gasteiger partial charge is 0.454 e. The Labute approximate surface area is 163 Å². The molecule has 0 bridgehead atoms. The summed E-state index contributed by atoms with van der Waals surface area (Å²) in [5.41, 5.74) is 1.89. The third kappa shape index (κ3) is 3.44. The minimum absolute atomic E-state index is 0.262. The van der Waals surface area contributed by atoms with E-state index in [1.54, 1.807) is 0 Å². The van der Waals surface area contributed by atoms with Crippen LogP contribution in [0.3, 0.4) is 0 Å². The molecule has 2 aliphatic heterocycles. The molecule has 0 atom stereocenters. The van der Waals surface area contributed by atoms with Crippen LogP contribution in [0, 0.1) is 0 Å². The summed E-state index contributed by atoms with van der Waals surface area (Å²) in [6, 6.07) is 17.9. The van der Waals surface area contributed by atoms with E-state index < -0.39 is 0 Å². The van der Waals surface area contributed by atoms with Crippen molar-refractivity contribution in [3.8, 4) is 22.9 Å². The Morgan fingerprint density at radius 3 is 2.57 bits per heavy atom. The molecule has 0 spiro atoms. The van der Waals surface area contributed by atoms with Crippen LogP contribution in [0.2, 0.25) is 0 Å². The molecule has 0 aliphatic carbocycles. The zero-order valence-corrected chi connectivity index (χ0v) is 15.4. The molecule has 2 aliphatic rings. The summed E-state index contributed by atoms with van der Waals surface area (Å²) in [7, 11) is 0. The Hall–Kier alpha value is -3.32. The van der Waals surface area contributed by atoms with Crippen molar-refractivity contribution in [2.75, 3.05) is 43.2 Å². The number of ether oxygens (including phenoxy) is 2. The van der Waals surface area contributed by atoms with Crippen molar-refractivity contribution in [2.24, 2.45) is 0 Å². The monoisotopic (exact) mass is 375 g/mol. The minimum Gasteiger partial charge on any atom is -0.454 e. The zero-order chi connectivity index (χ0) is 18.8. The lowest BCUT2D eigenvalue weighted by molar-refractivity contribution is 0.174. The van der Waals surface area contributed by atoms with Gasteiger partial charge >= 0.3 is 0 Å². The van der Waals surface area contributed by atoms with Crippen molar-refractivity contribution in [1.82, 2.24) is 15.3 Å². The maximum Gasteiger partial charge on any atom is 0.231 e. The van der Waals surface area contributed by atoms with Crippen molar-refractivity contribution < 1.29 is 9.47 Å². The van der Waals surface area contributed by atoms with E-state index in [0.29, 0.717) is 5.82 Å². The molecule has 0 amide bonds. The second kappa shape index (κ2) is 7.36. The first-order valence-electron chi connectivity index (χ1n) is 9.42. The van der Waals surface area contributed by atoms with Crippen LogP contribution in [0.25, 0.3) is 11.4 Å². The standard InChI is InChI=1S/C21H21N5O2/c1-2-4-15(5-3-1)21-24-19(13-20(25-21)26-10-8-22-9-11-26)23-16-6-7-17-18(12-16)28-14-27-17/h1-7,12-13,22H,8-11,14H2,(H,23,24,25). The average molecular weight is 375 g/mol. The molecule has 7 heteroatoms. The van der Waals surface area contributed by atoms with Gasteiger partial charge in [-0.25, -0.2) is 9.97 Å². The number of hydrogen-bond acceptors (Lipinski definition) is 7. The summed E-state index contributed by atoms with van der Waals surface area (Å²) in [6.07, 6.45) is 0. The highest BCUT2D eigenvalue weighted by Gasteiger charge is 2.17. The van der Waals surface area contributed by atoms with Crippen molar-refractivity contribution in [3.05, 3.63) is 54.6 Å². The predicted octanol–water partition coefficient (Wildman–Crippen LogP) is 3.03. The number of benzene rings is 2. The summed E-state index contributed by atoms with van der Waals surface area (Å²) in [4.78, 5) is 11.9. The van der Waals surface area contributed by atoms with Gasteiger partial charge in [0.25, 0.3) is 0 Å². The van der Waals surface area contributed by atoms with Crippen LogP contribution in [-0.4, -0.2) is 42.9 Å². The van der Waals surface area contributed by atoms with E-state index in [1.165, 1.54) is 0 Å². The molecule has 3 heterocycles. The van der Waals surface area contributed by atoms with Gasteiger partial charge in [-0.05, 0) is 12.1 Å². The summed E-state index contributed by atoms with van der Waals surface area (Å²) >= 11 is 0. The zero-order valence-electron chi connectivity index (χ0n) is 15.4. The lowest BCUT2D eigenvalue weighted by Crippen LogP contribution is -2.44. The third-order valence-corrected chi connectivity index (χ3v) is 4.83. The van der Waals surface area contributed by atoms with Crippen LogP contribution in [0.5, 0.6) is 11.5 Å². The van der Waals surface area contributed by atoms with E-state index in [1.807, 2.05) is 54.6 Å². The van der Waals surface area contributed by atoms with Crippen molar-refractivity contribution in [3.63, 3.8) is 0 Å². The highest BCUT2D eigenvalue weighted by Crippen LogP contribution is 2.35. The summed E-state index contributed by atoms with van der Waals surface area (Å²) in [6.45, 7) is 4.02. The molecule has 142 valence electrons. The first-order valence-corrected chi connectivity index (χ1v) is 9.42. The Morgan fingerprint density at radius 2 is 1.71 bits per heavy atom. The molecule has 28 heavy (non-hydrogen) atoms. The summed E-state index contributed by atoms with van der Waals surface area (Å²) in [5, 5.41) is 6.78. The topological polar surface area (TPSA) is 71.5 Å². The quantitative estimate of drug-likeness (QED) is 0.726. The van der Waals surface area contributed by atoms with Gasteiger partial charge in [-0.15, -0.1) is 0 Å². The number of nitrogens with one attached hydrogen (secondary N) is 2. The lowest BCUT2D eigenvalue weighted by Gasteiger charge is -2.29. The van der Waals surface area contributed by atoms with E-state index in [4.69, 9.17) is 19.4 Å². The van der Waals surface area contributed by atoms with Gasteiger partial charge in [-0.1, -0.05) is 30.3 Å². The van der Waals surface area contributed by atoms with Crippen LogP contribution < -0.4 is 25.0 Å². The molecule has 0 unspecified atom stereocenters. The molecular weight excluding hydrogens is 354 g/mol. The fourth-order valence-electron chi connectivity index (χ4n) is 3.39. The molecule has 5 rings (SSSR count). The molecule has 2 N–H and O–H groups in total. The molecule has 1 fully saturated rings. The molecule has 0 saturated carbocycles. The van der Waals surface area contributed by atoms with Gasteiger partial charge in [-0.3, -0.25) is 0 Å². The Balaban J connectivity index is 1.50. The highest BCUT2D eigenvalue weighted by molar-refractivity contribution is 5.67. The Morgan fingerprint density at radius 1 is 0.893 bits per heavy atom. The first kappa shape index (κ1) is 16.8. The third-order valence-electron chi connectivity index (χ3n) is 4.83. The summed E-state index contributed by atoms with van der Waals surface area (Å²) < 4.78 is 10.9. The van der Waals surface area contributed by atoms with Gasteiger partial charge in [0.1, 0.15) is 11.6 Å². The molecule has 7 nitrogen and oxygen atoms in total. The SMILES string of the molecule is c1ccc(-c2nc(Nc3ccc4c(c3)OCO4)cc(N3CCNCC3)n2)cc1. The molecule has 1 saturated heterocycles. The Kier molecular flexibility index (Phi) is 4.42. The summed E-state index contributed by atoms with van der Waals surface area (Å²) in [5.74, 6) is 3.89. The van der Waals surface area contributed by atoms with Gasteiger partial charge in [-0.2, -0.15) is 0 Å². The van der Waals surface area contributed by atoms with E-state index in [2.05, 4.69) is 15.5 Å². The lowest BCUT2D eigenvalue weighted by atomic mass is 10.2. The number of fused-ring (bicyclic) bond motifs is 1. The smallest absolute Gasteiger partial charge is 0.231 e. The number of hydrogen-bond donors (Lipinski definition) is 2. The average Bonchev–Trinajstić information content (AvgIpc) is 3.23. The van der Waals surface area contributed by atoms with Crippen molar-refractivity contribution in [2.45, 2.75) is 0 Å². The number of piperazine rings is 1. The maximum atomic E-state index is 5.48. The second-order valence-corrected chi connectivity index (χ2v) is 6.73. The van der Waals surface area contributed by atoms with Crippen molar-refractivity contribution in [1.29, 1.82) is 0 Å². The van der Waals surface area contributed by atoms with E-state index >= 15 is 0 Å². The minimum atomic E-state index is 0.262. The second-order valence-electron chi connectivity index (χ2n) is 6.73. The van der Waals surface area contributed by atoms with Crippen LogP contribution >= 0.6 is 0 Å². The van der Waals surface area contributed by atoms with Crippen LogP contribution in [0.4, 0.5) is 17.3 Å². The number of anilines is 3. The van der Waals surface area contributed by atoms with Gasteiger partial charge in [0, 0.05) is 49.6 Å². The molecular formula is C21H21N5O2. The van der Waals surface area contributed by atoms with Crippen LogP contribution in [-0.2, 0) is 0 Å². The van der Waals surface area contributed by atoms with E-state index in [0.717, 1.165) is 60.6 Å². The number of nitrogens with zero attached hydrogens (tertiary/aromatic N) is 3. The molecule has 3 aromatic rings. The highest BCUT2D eigenvalue weighted by atomic mass is 16.7. The van der Waals surface area contributed by atoms with E-state index in [-0.39, 0.29) is 6.79 Å². The van der Waals surface area contributed by atoms with Gasteiger partial charge in [0.15, 0.2) is 17.3 Å². The molecule has 2 aromatic carbocycles. The van der Waals surface area contributed by atoms with Gasteiger partial charge < -0.3 is 25.0 Å². The number of rotatable bonds is 4. The van der Waals surface area contributed by atoms with E-state index in [9.17, 15) is 0 Å².